The van der Waals surface area contributed by atoms with Crippen LogP contribution in [0.1, 0.15) is 53.0 Å². The lowest BCUT2D eigenvalue weighted by molar-refractivity contribution is -0.125. The Morgan fingerprint density at radius 2 is 1.83 bits per heavy atom. The van der Waals surface area contributed by atoms with Gasteiger partial charge in [-0.1, -0.05) is 12.1 Å². The summed E-state index contributed by atoms with van der Waals surface area (Å²) in [4.78, 5) is 42.0. The molecule has 1 atom stereocenters. The number of piperidine rings is 1. The van der Waals surface area contributed by atoms with Crippen LogP contribution < -0.4 is 21.9 Å². The Balaban J connectivity index is 1.95. The molecule has 1 aromatic carbocycles. The number of carbonyl (C=O) groups is 1. The highest BCUT2D eigenvalue weighted by Crippen LogP contribution is 2.29. The van der Waals surface area contributed by atoms with Gasteiger partial charge in [-0.05, 0) is 71.1 Å². The highest BCUT2D eigenvalue weighted by molar-refractivity contribution is 7.98. The minimum Gasteiger partial charge on any atom is -0.351 e. The van der Waals surface area contributed by atoms with Crippen molar-refractivity contribution in [2.75, 3.05) is 12.0 Å². The van der Waals surface area contributed by atoms with Crippen molar-refractivity contribution in [3.05, 3.63) is 45.1 Å². The second-order valence-electron chi connectivity index (χ2n) is 9.45. The maximum atomic E-state index is 13.3. The third-order valence-electron chi connectivity index (χ3n) is 5.58. The first-order valence-corrected chi connectivity index (χ1v) is 11.7. The van der Waals surface area contributed by atoms with Crippen LogP contribution in [0.2, 0.25) is 0 Å². The van der Waals surface area contributed by atoms with E-state index in [2.05, 4.69) is 43.3 Å². The van der Waals surface area contributed by atoms with E-state index >= 15 is 0 Å². The van der Waals surface area contributed by atoms with Gasteiger partial charge in [-0.2, -0.15) is 11.8 Å². The first-order chi connectivity index (χ1) is 14.0. The zero-order chi connectivity index (χ0) is 22.1. The molecule has 2 aromatic rings. The molecule has 164 valence electrons. The van der Waals surface area contributed by atoms with Crippen LogP contribution in [-0.2, 0) is 4.79 Å². The summed E-state index contributed by atoms with van der Waals surface area (Å²) in [5.41, 5.74) is -0.737. The number of fused-ring (bicyclic) bond motifs is 1. The van der Waals surface area contributed by atoms with Crippen LogP contribution in [0.4, 0.5) is 0 Å². The number of H-pyrrole nitrogens is 1. The van der Waals surface area contributed by atoms with Crippen LogP contribution in [0, 0.1) is 0 Å². The molecule has 0 aliphatic carbocycles. The van der Waals surface area contributed by atoms with Gasteiger partial charge in [0.15, 0.2) is 0 Å². The predicted molar refractivity (Wildman–Crippen MR) is 123 cm³/mol. The summed E-state index contributed by atoms with van der Waals surface area (Å²) in [5.74, 6) is 0.394. The average molecular weight is 433 g/mol. The van der Waals surface area contributed by atoms with Gasteiger partial charge in [-0.25, -0.2) is 9.36 Å². The average Bonchev–Trinajstić information content (AvgIpc) is 2.61. The minimum absolute atomic E-state index is 0.0317. The number of aromatic nitrogens is 2. The molecule has 2 heterocycles. The summed E-state index contributed by atoms with van der Waals surface area (Å²) in [6, 6.07) is 6.00. The third-order valence-corrected chi connectivity index (χ3v) is 6.23. The minimum atomic E-state index is -0.848. The molecule has 1 saturated heterocycles. The maximum Gasteiger partial charge on any atom is 0.329 e. The number of amides is 1. The smallest absolute Gasteiger partial charge is 0.329 e. The van der Waals surface area contributed by atoms with Crippen molar-refractivity contribution >= 4 is 28.6 Å². The zero-order valence-corrected chi connectivity index (χ0v) is 19.2. The standard InChI is InChI=1S/C22H32N4O3S/c1-21(2)12-14(13-22(3,4)25-21)23-18(27)17(10-11-30-5)26-19(28)15-8-6-7-9-16(15)24-20(26)29/h6-9,14,17,25H,10-13H2,1-5H3,(H,23,27)(H,24,29)/t17-/m0/s1. The number of nitrogens with zero attached hydrogens (tertiary/aromatic N) is 1. The molecule has 0 radical (unpaired) electrons. The Labute approximate surface area is 181 Å². The molecule has 0 bridgehead atoms. The topological polar surface area (TPSA) is 96.0 Å². The summed E-state index contributed by atoms with van der Waals surface area (Å²) in [7, 11) is 0. The molecule has 3 rings (SSSR count). The van der Waals surface area contributed by atoms with Crippen LogP contribution in [-0.4, -0.2) is 44.6 Å². The van der Waals surface area contributed by atoms with Crippen molar-refractivity contribution in [1.82, 2.24) is 20.2 Å². The summed E-state index contributed by atoms with van der Waals surface area (Å²) in [5, 5.41) is 7.15. The van der Waals surface area contributed by atoms with Gasteiger partial charge in [0.1, 0.15) is 6.04 Å². The SMILES string of the molecule is CSCC[C@@H](C(=O)NC1CC(C)(C)NC(C)(C)C1)n1c(=O)[nH]c2ccccc2c1=O. The summed E-state index contributed by atoms with van der Waals surface area (Å²) in [6.07, 6.45) is 3.91. The van der Waals surface area contributed by atoms with Crippen LogP contribution in [0.25, 0.3) is 10.9 Å². The zero-order valence-electron chi connectivity index (χ0n) is 18.4. The first-order valence-electron chi connectivity index (χ1n) is 10.4. The van der Waals surface area contributed by atoms with E-state index in [1.54, 1.807) is 36.0 Å². The molecule has 30 heavy (non-hydrogen) atoms. The number of benzene rings is 1. The fourth-order valence-electron chi connectivity index (χ4n) is 4.79. The van der Waals surface area contributed by atoms with Crippen LogP contribution in [0.15, 0.2) is 33.9 Å². The summed E-state index contributed by atoms with van der Waals surface area (Å²) in [6.45, 7) is 8.49. The maximum absolute atomic E-state index is 13.3. The highest BCUT2D eigenvalue weighted by Gasteiger charge is 2.39. The fourth-order valence-corrected chi connectivity index (χ4v) is 5.25. The number of carbonyl (C=O) groups excluding carboxylic acids is 1. The highest BCUT2D eigenvalue weighted by atomic mass is 32.2. The molecule has 3 N–H and O–H groups in total. The van der Waals surface area contributed by atoms with Crippen molar-refractivity contribution in [1.29, 1.82) is 0 Å². The molecule has 1 aliphatic heterocycles. The van der Waals surface area contributed by atoms with E-state index < -0.39 is 17.3 Å². The third kappa shape index (κ3) is 4.98. The van der Waals surface area contributed by atoms with E-state index in [0.717, 1.165) is 17.4 Å². The van der Waals surface area contributed by atoms with E-state index in [1.807, 2.05) is 6.26 Å². The van der Waals surface area contributed by atoms with Gasteiger partial charge >= 0.3 is 5.69 Å². The Bertz CT molecular complexity index is 1020. The van der Waals surface area contributed by atoms with Crippen molar-refractivity contribution in [3.63, 3.8) is 0 Å². The number of hydrogen-bond acceptors (Lipinski definition) is 5. The predicted octanol–water partition coefficient (Wildman–Crippen LogP) is 2.41. The Kier molecular flexibility index (Phi) is 6.48. The lowest BCUT2D eigenvalue weighted by Gasteiger charge is -2.46. The van der Waals surface area contributed by atoms with Gasteiger partial charge in [0.25, 0.3) is 5.56 Å². The normalized spacial score (nSPS) is 19.5. The Morgan fingerprint density at radius 3 is 2.47 bits per heavy atom. The lowest BCUT2D eigenvalue weighted by Crippen LogP contribution is -2.62. The van der Waals surface area contributed by atoms with Crippen molar-refractivity contribution in [3.8, 4) is 0 Å². The van der Waals surface area contributed by atoms with E-state index in [1.165, 1.54) is 0 Å². The molecule has 7 nitrogen and oxygen atoms in total. The van der Waals surface area contributed by atoms with E-state index in [4.69, 9.17) is 0 Å². The van der Waals surface area contributed by atoms with Crippen LogP contribution in [0.5, 0.6) is 0 Å². The van der Waals surface area contributed by atoms with Crippen LogP contribution in [0.3, 0.4) is 0 Å². The second kappa shape index (κ2) is 8.59. The molecule has 8 heteroatoms. The van der Waals surface area contributed by atoms with Gasteiger partial charge in [0.2, 0.25) is 5.91 Å². The molecule has 1 amide bonds. The number of aromatic amines is 1. The summed E-state index contributed by atoms with van der Waals surface area (Å²) < 4.78 is 1.09. The van der Waals surface area contributed by atoms with Gasteiger partial charge in [-0.3, -0.25) is 9.59 Å². The number of hydrogen-bond donors (Lipinski definition) is 3. The largest absolute Gasteiger partial charge is 0.351 e. The van der Waals surface area contributed by atoms with Crippen LogP contribution >= 0.6 is 11.8 Å². The molecular weight excluding hydrogens is 400 g/mol. The molecule has 0 unspecified atom stereocenters. The Morgan fingerprint density at radius 1 is 1.20 bits per heavy atom. The summed E-state index contributed by atoms with van der Waals surface area (Å²) >= 11 is 1.59. The molecule has 1 aromatic heterocycles. The van der Waals surface area contributed by atoms with Gasteiger partial charge < -0.3 is 15.6 Å². The van der Waals surface area contributed by atoms with E-state index in [-0.39, 0.29) is 23.0 Å². The van der Waals surface area contributed by atoms with Gasteiger partial charge in [-0.15, -0.1) is 0 Å². The molecule has 1 fully saturated rings. The quantitative estimate of drug-likeness (QED) is 0.651. The van der Waals surface area contributed by atoms with Crippen molar-refractivity contribution < 1.29 is 4.79 Å². The fraction of sp³-hybridized carbons (Fsp3) is 0.591. The van der Waals surface area contributed by atoms with Gasteiger partial charge in [0, 0.05) is 17.1 Å². The van der Waals surface area contributed by atoms with Crippen molar-refractivity contribution in [2.45, 2.75) is 70.1 Å². The molecular formula is C22H32N4O3S. The van der Waals surface area contributed by atoms with E-state index in [0.29, 0.717) is 23.1 Å². The second-order valence-corrected chi connectivity index (χ2v) is 10.4. The number of thioether (sulfide) groups is 1. The van der Waals surface area contributed by atoms with Gasteiger partial charge in [0.05, 0.1) is 10.9 Å². The molecule has 1 aliphatic rings. The van der Waals surface area contributed by atoms with E-state index in [9.17, 15) is 14.4 Å². The monoisotopic (exact) mass is 432 g/mol. The molecule has 0 saturated carbocycles. The lowest BCUT2D eigenvalue weighted by atomic mass is 9.79. The Hall–Kier alpha value is -2.06. The first kappa shape index (κ1) is 22.6. The number of nitrogens with one attached hydrogen (secondary N) is 3. The number of rotatable bonds is 6. The number of para-hydroxylation sites is 1. The molecule has 0 spiro atoms. The van der Waals surface area contributed by atoms with Crippen molar-refractivity contribution in [2.24, 2.45) is 0 Å².